The largest absolute Gasteiger partial charge is 0.481 e. The van der Waals surface area contributed by atoms with Gasteiger partial charge < -0.3 is 29.6 Å². The molecule has 3 aromatic rings. The van der Waals surface area contributed by atoms with Crippen LogP contribution in [0.4, 0.5) is 5.82 Å². The van der Waals surface area contributed by atoms with Crippen molar-refractivity contribution < 1.29 is 19.7 Å². The molecular weight excluding hydrogens is 398 g/mol. The number of H-pyrrole nitrogens is 1. The number of piperidine rings is 1. The summed E-state index contributed by atoms with van der Waals surface area (Å²) in [6.07, 6.45) is 2.29. The standard InChI is InChI=1S/C22H29N5O4/c1-22(2,21(28)29)13-31-15-8-10-27(11-9-15)17-6-4-14(12-23-17)19-24-16-5-7-18(30-3)25-20(16)26-19/h4-7,12,15,21,28-29H,8-11,13H2,1-3H3,(H,24,25,26). The number of nitrogens with zero attached hydrogens (tertiary/aromatic N) is 4. The number of hydrogen-bond acceptors (Lipinski definition) is 8. The number of aromatic nitrogens is 4. The first-order valence-electron chi connectivity index (χ1n) is 10.5. The Labute approximate surface area is 181 Å². The number of aliphatic hydroxyl groups excluding tert-OH is 1. The Morgan fingerprint density at radius 2 is 1.94 bits per heavy atom. The van der Waals surface area contributed by atoms with Crippen LogP contribution >= 0.6 is 0 Å². The van der Waals surface area contributed by atoms with Crippen LogP contribution in [0, 0.1) is 5.41 Å². The molecule has 0 saturated carbocycles. The summed E-state index contributed by atoms with van der Waals surface area (Å²) in [5, 5.41) is 18.8. The fourth-order valence-electron chi connectivity index (χ4n) is 3.50. The Bertz CT molecular complexity index is 1010. The smallest absolute Gasteiger partial charge is 0.215 e. The van der Waals surface area contributed by atoms with Gasteiger partial charge in [0, 0.05) is 36.3 Å². The fraction of sp³-hybridized carbons (Fsp3) is 0.500. The van der Waals surface area contributed by atoms with E-state index in [0.29, 0.717) is 18.1 Å². The first kappa shape index (κ1) is 21.5. The highest BCUT2D eigenvalue weighted by atomic mass is 16.5. The van der Waals surface area contributed by atoms with Crippen molar-refractivity contribution in [3.63, 3.8) is 0 Å². The van der Waals surface area contributed by atoms with Crippen LogP contribution in [0.1, 0.15) is 26.7 Å². The molecule has 1 saturated heterocycles. The van der Waals surface area contributed by atoms with Gasteiger partial charge in [0.25, 0.3) is 0 Å². The Kier molecular flexibility index (Phi) is 6.08. The van der Waals surface area contributed by atoms with Crippen molar-refractivity contribution in [2.45, 2.75) is 39.1 Å². The Morgan fingerprint density at radius 1 is 1.16 bits per heavy atom. The minimum atomic E-state index is -1.39. The lowest BCUT2D eigenvalue weighted by Gasteiger charge is -2.35. The average molecular weight is 428 g/mol. The van der Waals surface area contributed by atoms with Gasteiger partial charge in [-0.05, 0) is 31.0 Å². The van der Waals surface area contributed by atoms with E-state index in [9.17, 15) is 10.2 Å². The molecule has 0 bridgehead atoms. The van der Waals surface area contributed by atoms with Crippen molar-refractivity contribution in [2.75, 3.05) is 31.7 Å². The lowest BCUT2D eigenvalue weighted by Crippen LogP contribution is -2.40. The first-order valence-corrected chi connectivity index (χ1v) is 10.5. The van der Waals surface area contributed by atoms with Crippen LogP contribution in [0.5, 0.6) is 5.88 Å². The third-order valence-electron chi connectivity index (χ3n) is 5.71. The lowest BCUT2D eigenvalue weighted by molar-refractivity contribution is -0.154. The molecule has 166 valence electrons. The molecule has 4 rings (SSSR count). The van der Waals surface area contributed by atoms with Gasteiger partial charge in [-0.1, -0.05) is 13.8 Å². The molecule has 1 aliphatic rings. The summed E-state index contributed by atoms with van der Waals surface area (Å²) in [4.78, 5) is 19.0. The van der Waals surface area contributed by atoms with Gasteiger partial charge in [-0.2, -0.15) is 4.98 Å². The summed E-state index contributed by atoms with van der Waals surface area (Å²) >= 11 is 0. The van der Waals surface area contributed by atoms with Gasteiger partial charge in [-0.3, -0.25) is 0 Å². The average Bonchev–Trinajstić information content (AvgIpc) is 3.21. The van der Waals surface area contributed by atoms with Crippen molar-refractivity contribution in [3.05, 3.63) is 30.5 Å². The highest BCUT2D eigenvalue weighted by Crippen LogP contribution is 2.26. The topological polar surface area (TPSA) is 117 Å². The Balaban J connectivity index is 1.36. The summed E-state index contributed by atoms with van der Waals surface area (Å²) in [5.74, 6) is 2.17. The minimum absolute atomic E-state index is 0.119. The maximum atomic E-state index is 9.41. The molecule has 9 heteroatoms. The van der Waals surface area contributed by atoms with Gasteiger partial charge >= 0.3 is 0 Å². The minimum Gasteiger partial charge on any atom is -0.481 e. The third-order valence-corrected chi connectivity index (χ3v) is 5.71. The van der Waals surface area contributed by atoms with Crippen molar-refractivity contribution in [3.8, 4) is 17.3 Å². The SMILES string of the molecule is COc1ccc2[nH]c(-c3ccc(N4CCC(OCC(C)(C)C(O)O)CC4)nc3)nc2n1. The number of rotatable bonds is 7. The molecule has 0 aliphatic carbocycles. The van der Waals surface area contributed by atoms with Gasteiger partial charge in [0.2, 0.25) is 5.88 Å². The maximum Gasteiger partial charge on any atom is 0.215 e. The van der Waals surface area contributed by atoms with E-state index in [-0.39, 0.29) is 6.10 Å². The van der Waals surface area contributed by atoms with Gasteiger partial charge in [0.1, 0.15) is 11.6 Å². The second-order valence-corrected chi connectivity index (χ2v) is 8.57. The van der Waals surface area contributed by atoms with E-state index in [4.69, 9.17) is 9.47 Å². The number of fused-ring (bicyclic) bond motifs is 1. The number of pyridine rings is 2. The summed E-state index contributed by atoms with van der Waals surface area (Å²) in [6.45, 7) is 5.57. The maximum absolute atomic E-state index is 9.41. The van der Waals surface area contributed by atoms with Crippen LogP contribution in [-0.2, 0) is 4.74 Å². The van der Waals surface area contributed by atoms with E-state index in [1.807, 2.05) is 24.4 Å². The van der Waals surface area contributed by atoms with Crippen LogP contribution in [0.3, 0.4) is 0 Å². The number of aromatic amines is 1. The predicted octanol–water partition coefficient (Wildman–Crippen LogP) is 2.35. The first-order chi connectivity index (χ1) is 14.9. The van der Waals surface area contributed by atoms with Crippen LogP contribution in [0.25, 0.3) is 22.6 Å². The number of anilines is 1. The van der Waals surface area contributed by atoms with Crippen molar-refractivity contribution in [1.82, 2.24) is 19.9 Å². The molecule has 3 aromatic heterocycles. The van der Waals surface area contributed by atoms with E-state index in [0.717, 1.165) is 48.7 Å². The van der Waals surface area contributed by atoms with Gasteiger partial charge in [0.05, 0.1) is 25.3 Å². The molecule has 1 fully saturated rings. The van der Waals surface area contributed by atoms with Crippen molar-refractivity contribution in [2.24, 2.45) is 5.41 Å². The molecule has 4 heterocycles. The molecule has 0 radical (unpaired) electrons. The molecule has 3 N–H and O–H groups in total. The number of aliphatic hydroxyl groups is 2. The van der Waals surface area contributed by atoms with Gasteiger partial charge in [-0.15, -0.1) is 0 Å². The predicted molar refractivity (Wildman–Crippen MR) is 117 cm³/mol. The zero-order valence-corrected chi connectivity index (χ0v) is 18.1. The monoisotopic (exact) mass is 427 g/mol. The lowest BCUT2D eigenvalue weighted by atomic mass is 9.94. The number of imidazole rings is 1. The zero-order valence-electron chi connectivity index (χ0n) is 18.1. The third kappa shape index (κ3) is 4.79. The summed E-state index contributed by atoms with van der Waals surface area (Å²) < 4.78 is 11.1. The highest BCUT2D eigenvalue weighted by Gasteiger charge is 2.29. The molecular formula is C22H29N5O4. The number of nitrogens with one attached hydrogen (secondary N) is 1. The number of hydrogen-bond donors (Lipinski definition) is 3. The molecule has 0 aromatic carbocycles. The quantitative estimate of drug-likeness (QED) is 0.492. The molecule has 0 amide bonds. The highest BCUT2D eigenvalue weighted by molar-refractivity contribution is 5.76. The Hall–Kier alpha value is -2.75. The van der Waals surface area contributed by atoms with Crippen LogP contribution in [0.15, 0.2) is 30.5 Å². The molecule has 0 unspecified atom stereocenters. The van der Waals surface area contributed by atoms with E-state index in [1.54, 1.807) is 27.0 Å². The fourth-order valence-corrected chi connectivity index (χ4v) is 3.50. The normalized spacial score (nSPS) is 15.7. The van der Waals surface area contributed by atoms with Crippen LogP contribution < -0.4 is 9.64 Å². The zero-order chi connectivity index (χ0) is 22.0. The Morgan fingerprint density at radius 3 is 2.58 bits per heavy atom. The molecule has 31 heavy (non-hydrogen) atoms. The number of methoxy groups -OCH3 is 1. The summed E-state index contributed by atoms with van der Waals surface area (Å²) in [5.41, 5.74) is 1.67. The summed E-state index contributed by atoms with van der Waals surface area (Å²) in [6, 6.07) is 7.70. The summed E-state index contributed by atoms with van der Waals surface area (Å²) in [7, 11) is 1.58. The molecule has 0 atom stereocenters. The van der Waals surface area contributed by atoms with Crippen LogP contribution in [-0.4, -0.2) is 69.3 Å². The molecule has 1 aliphatic heterocycles. The van der Waals surface area contributed by atoms with E-state index in [1.165, 1.54) is 0 Å². The van der Waals surface area contributed by atoms with Gasteiger partial charge in [-0.25, -0.2) is 9.97 Å². The van der Waals surface area contributed by atoms with Crippen molar-refractivity contribution >= 4 is 17.0 Å². The van der Waals surface area contributed by atoms with E-state index < -0.39 is 11.7 Å². The van der Waals surface area contributed by atoms with E-state index >= 15 is 0 Å². The number of ether oxygens (including phenoxy) is 2. The van der Waals surface area contributed by atoms with Crippen molar-refractivity contribution in [1.29, 1.82) is 0 Å². The second kappa shape index (κ2) is 8.78. The molecule has 0 spiro atoms. The second-order valence-electron chi connectivity index (χ2n) is 8.57. The van der Waals surface area contributed by atoms with E-state index in [2.05, 4.69) is 24.8 Å². The van der Waals surface area contributed by atoms with Crippen LogP contribution in [0.2, 0.25) is 0 Å². The van der Waals surface area contributed by atoms with Gasteiger partial charge in [0.15, 0.2) is 11.9 Å². The molecule has 9 nitrogen and oxygen atoms in total.